The molecule has 0 amide bonds. The van der Waals surface area contributed by atoms with Crippen LogP contribution in [0.1, 0.15) is 75.1 Å². The number of oxime groups is 1. The minimum atomic E-state index is -0.573. The molecule has 0 aliphatic heterocycles. The Morgan fingerprint density at radius 2 is 1.96 bits per heavy atom. The van der Waals surface area contributed by atoms with Gasteiger partial charge in [-0.15, -0.1) is 0 Å². The highest BCUT2D eigenvalue weighted by atomic mass is 16.7. The van der Waals surface area contributed by atoms with Crippen molar-refractivity contribution in [3.05, 3.63) is 39.9 Å². The van der Waals surface area contributed by atoms with Crippen LogP contribution in [0.15, 0.2) is 29.4 Å². The van der Waals surface area contributed by atoms with Crippen LogP contribution in [-0.2, 0) is 4.84 Å². The number of nitrogens with zero attached hydrogens (tertiary/aromatic N) is 2. The zero-order valence-electron chi connectivity index (χ0n) is 14.8. The van der Waals surface area contributed by atoms with Gasteiger partial charge in [-0.3, -0.25) is 10.1 Å². The molecule has 0 bridgehead atoms. The topological polar surface area (TPSA) is 81.8 Å². The van der Waals surface area contributed by atoms with E-state index in [9.17, 15) is 14.9 Å². The van der Waals surface area contributed by atoms with E-state index in [2.05, 4.69) is 12.1 Å². The molecule has 1 aromatic carbocycles. The average Bonchev–Trinajstić information content (AvgIpc) is 3.07. The molecule has 0 unspecified atom stereocenters. The second kappa shape index (κ2) is 9.91. The Bertz CT molecular complexity index is 610. The van der Waals surface area contributed by atoms with Crippen molar-refractivity contribution in [3.63, 3.8) is 0 Å². The normalized spacial score (nSPS) is 18.4. The molecule has 0 radical (unpaired) electrons. The van der Waals surface area contributed by atoms with E-state index in [-0.39, 0.29) is 11.3 Å². The Morgan fingerprint density at radius 3 is 2.64 bits per heavy atom. The third kappa shape index (κ3) is 5.96. The van der Waals surface area contributed by atoms with E-state index < -0.39 is 10.9 Å². The van der Waals surface area contributed by atoms with Gasteiger partial charge in [0.05, 0.1) is 16.2 Å². The lowest BCUT2D eigenvalue weighted by Gasteiger charge is -2.10. The molecule has 2 rings (SSSR count). The molecule has 1 aliphatic rings. The van der Waals surface area contributed by atoms with Crippen molar-refractivity contribution in [3.8, 4) is 0 Å². The Kier molecular flexibility index (Phi) is 7.57. The first-order valence-electron chi connectivity index (χ1n) is 9.14. The van der Waals surface area contributed by atoms with Crippen molar-refractivity contribution in [2.45, 2.75) is 64.7 Å². The zero-order valence-corrected chi connectivity index (χ0v) is 14.8. The molecule has 6 heteroatoms. The fraction of sp³-hybridized carbons (Fsp3) is 0.579. The Hall–Kier alpha value is -2.24. The van der Waals surface area contributed by atoms with E-state index in [0.717, 1.165) is 31.4 Å². The summed E-state index contributed by atoms with van der Waals surface area (Å²) >= 11 is 0. The van der Waals surface area contributed by atoms with Crippen LogP contribution in [0.2, 0.25) is 0 Å². The second-order valence-corrected chi connectivity index (χ2v) is 6.56. The summed E-state index contributed by atoms with van der Waals surface area (Å²) in [5, 5.41) is 14.7. The third-order valence-electron chi connectivity index (χ3n) is 4.67. The number of nitro benzene ring substituents is 1. The maximum Gasteiger partial charge on any atom is 0.365 e. The first-order chi connectivity index (χ1) is 12.1. The number of non-ortho nitro benzene ring substituents is 1. The molecular formula is C19H26N2O4. The predicted octanol–water partition coefficient (Wildman–Crippen LogP) is 5.27. The van der Waals surface area contributed by atoms with E-state index in [4.69, 9.17) is 4.84 Å². The van der Waals surface area contributed by atoms with E-state index in [0.29, 0.717) is 5.92 Å². The van der Waals surface area contributed by atoms with Gasteiger partial charge in [0, 0.05) is 18.1 Å². The summed E-state index contributed by atoms with van der Waals surface area (Å²) in [5.41, 5.74) is 1.19. The van der Waals surface area contributed by atoms with Crippen LogP contribution in [0.25, 0.3) is 0 Å². The molecule has 1 atom stereocenters. The van der Waals surface area contributed by atoms with Crippen LogP contribution in [-0.4, -0.2) is 16.6 Å². The minimum Gasteiger partial charge on any atom is -0.313 e. The largest absolute Gasteiger partial charge is 0.365 e. The molecule has 0 aromatic heterocycles. The molecule has 0 saturated heterocycles. The highest BCUT2D eigenvalue weighted by Gasteiger charge is 2.23. The van der Waals surface area contributed by atoms with Crippen molar-refractivity contribution >= 4 is 17.4 Å². The van der Waals surface area contributed by atoms with Gasteiger partial charge in [0.25, 0.3) is 5.69 Å². The molecular weight excluding hydrogens is 320 g/mol. The Morgan fingerprint density at radius 1 is 1.24 bits per heavy atom. The quantitative estimate of drug-likeness (QED) is 0.264. The summed E-state index contributed by atoms with van der Waals surface area (Å²) in [6, 6.07) is 5.36. The molecule has 0 N–H and O–H groups in total. The maximum atomic E-state index is 12.0. The lowest BCUT2D eigenvalue weighted by Crippen LogP contribution is -2.10. The molecule has 1 fully saturated rings. The van der Waals surface area contributed by atoms with Gasteiger partial charge in [-0.1, -0.05) is 44.2 Å². The highest BCUT2D eigenvalue weighted by Crippen LogP contribution is 2.28. The Labute approximate surface area is 148 Å². The van der Waals surface area contributed by atoms with Crippen LogP contribution in [0.3, 0.4) is 0 Å². The van der Waals surface area contributed by atoms with Gasteiger partial charge >= 0.3 is 5.97 Å². The van der Waals surface area contributed by atoms with Crippen molar-refractivity contribution in [2.24, 2.45) is 11.1 Å². The zero-order chi connectivity index (χ0) is 18.1. The van der Waals surface area contributed by atoms with E-state index >= 15 is 0 Å². The summed E-state index contributed by atoms with van der Waals surface area (Å²) in [4.78, 5) is 27.2. The number of hydrogen-bond donors (Lipinski definition) is 0. The summed E-state index contributed by atoms with van der Waals surface area (Å²) < 4.78 is 0. The van der Waals surface area contributed by atoms with E-state index in [1.807, 2.05) is 0 Å². The number of carbonyl (C=O) groups excluding carboxylic acids is 1. The van der Waals surface area contributed by atoms with Gasteiger partial charge < -0.3 is 4.84 Å². The molecule has 6 nitrogen and oxygen atoms in total. The first-order valence-corrected chi connectivity index (χ1v) is 9.14. The van der Waals surface area contributed by atoms with Gasteiger partial charge in [0.1, 0.15) is 0 Å². The summed E-state index contributed by atoms with van der Waals surface area (Å²) in [6.07, 6.45) is 10.5. The number of benzene rings is 1. The highest BCUT2D eigenvalue weighted by molar-refractivity contribution is 5.92. The van der Waals surface area contributed by atoms with Crippen molar-refractivity contribution in [1.82, 2.24) is 0 Å². The van der Waals surface area contributed by atoms with Crippen molar-refractivity contribution in [2.75, 3.05) is 0 Å². The molecule has 136 valence electrons. The van der Waals surface area contributed by atoms with Crippen LogP contribution >= 0.6 is 0 Å². The van der Waals surface area contributed by atoms with Gasteiger partial charge in [-0.2, -0.15) is 0 Å². The van der Waals surface area contributed by atoms with Gasteiger partial charge in [0.15, 0.2) is 0 Å². The summed E-state index contributed by atoms with van der Waals surface area (Å²) in [6.45, 7) is 2.21. The average molecular weight is 346 g/mol. The molecule has 1 aromatic rings. The number of hydrogen-bond acceptors (Lipinski definition) is 5. The summed E-state index contributed by atoms with van der Waals surface area (Å²) in [7, 11) is 0. The number of carbonyl (C=O) groups is 1. The fourth-order valence-corrected chi connectivity index (χ4v) is 3.20. The van der Waals surface area contributed by atoms with Crippen molar-refractivity contribution in [1.29, 1.82) is 0 Å². The lowest BCUT2D eigenvalue weighted by atomic mass is 9.98. The van der Waals surface area contributed by atoms with E-state index in [1.165, 1.54) is 56.4 Å². The van der Waals surface area contributed by atoms with Crippen LogP contribution in [0.5, 0.6) is 0 Å². The number of nitro groups is 1. The van der Waals surface area contributed by atoms with Gasteiger partial charge in [-0.25, -0.2) is 4.79 Å². The standard InChI is InChI=1S/C19H26N2O4/c1-2-3-4-5-6-8-15-9-7-10-18(15)20-25-19(22)16-11-13-17(14-12-16)21(23)24/h11-15H,2-10H2,1H3/b20-18+/t15-/m1/s1. The predicted molar refractivity (Wildman–Crippen MR) is 96.7 cm³/mol. The first kappa shape index (κ1) is 19.1. The number of rotatable bonds is 9. The molecule has 0 heterocycles. The molecule has 1 aliphatic carbocycles. The lowest BCUT2D eigenvalue weighted by molar-refractivity contribution is -0.384. The molecule has 25 heavy (non-hydrogen) atoms. The molecule has 0 spiro atoms. The van der Waals surface area contributed by atoms with Gasteiger partial charge in [-0.05, 0) is 37.8 Å². The fourth-order valence-electron chi connectivity index (χ4n) is 3.20. The number of unbranched alkanes of at least 4 members (excludes halogenated alkanes) is 4. The van der Waals surface area contributed by atoms with E-state index in [1.54, 1.807) is 0 Å². The second-order valence-electron chi connectivity index (χ2n) is 6.56. The summed E-state index contributed by atoms with van der Waals surface area (Å²) in [5.74, 6) is -0.151. The third-order valence-corrected chi connectivity index (χ3v) is 4.67. The minimum absolute atomic E-state index is 0.0539. The van der Waals surface area contributed by atoms with Crippen LogP contribution in [0, 0.1) is 16.0 Å². The monoisotopic (exact) mass is 346 g/mol. The SMILES string of the molecule is CCCCCCC[C@@H]1CCC/C1=N\OC(=O)c1ccc([N+](=O)[O-])cc1. The Balaban J connectivity index is 1.84. The maximum absolute atomic E-state index is 12.0. The van der Waals surface area contributed by atoms with Crippen molar-refractivity contribution < 1.29 is 14.6 Å². The van der Waals surface area contributed by atoms with Crippen LogP contribution in [0.4, 0.5) is 5.69 Å². The molecule has 1 saturated carbocycles. The van der Waals surface area contributed by atoms with Crippen LogP contribution < -0.4 is 0 Å². The van der Waals surface area contributed by atoms with Gasteiger partial charge in [0.2, 0.25) is 0 Å². The smallest absolute Gasteiger partial charge is 0.313 e.